The zero-order valence-corrected chi connectivity index (χ0v) is 21.8. The van der Waals surface area contributed by atoms with Crippen molar-refractivity contribution in [1.82, 2.24) is 10.2 Å². The molecule has 1 aliphatic carbocycles. The maximum Gasteiger partial charge on any atom is 0.261 e. The molecule has 196 valence electrons. The van der Waals surface area contributed by atoms with Crippen molar-refractivity contribution in [2.24, 2.45) is 0 Å². The number of fused-ring (bicyclic) bond motifs is 2. The van der Waals surface area contributed by atoms with Crippen LogP contribution in [-0.2, 0) is 22.4 Å². The summed E-state index contributed by atoms with van der Waals surface area (Å²) in [6.45, 7) is 1.58. The minimum Gasteiger partial charge on any atom is -0.376 e. The minimum atomic E-state index is -0.245. The molecule has 2 N–H and O–H groups in total. The van der Waals surface area contributed by atoms with Crippen LogP contribution in [0.1, 0.15) is 92.9 Å². The first kappa shape index (κ1) is 25.6. The maximum atomic E-state index is 13.1. The van der Waals surface area contributed by atoms with Gasteiger partial charge in [-0.2, -0.15) is 0 Å². The largest absolute Gasteiger partial charge is 0.376 e. The highest BCUT2D eigenvalue weighted by molar-refractivity contribution is 7.17. The molecule has 1 saturated heterocycles. The maximum absolute atomic E-state index is 13.1. The fourth-order valence-corrected chi connectivity index (χ4v) is 6.66. The number of unbranched alkanes of at least 4 members (excludes halogenated alkanes) is 2. The number of carbonyl (C=O) groups excluding carboxylic acids is 4. The number of hydrogen-bond acceptors (Lipinski definition) is 6. The zero-order valence-electron chi connectivity index (χ0n) is 21.0. The molecule has 1 aromatic heterocycles. The number of rotatable bonds is 10. The molecular formula is C28H33N3O5S. The van der Waals surface area contributed by atoms with Crippen LogP contribution in [0.3, 0.4) is 0 Å². The van der Waals surface area contributed by atoms with Crippen LogP contribution >= 0.6 is 11.3 Å². The van der Waals surface area contributed by atoms with E-state index >= 15 is 0 Å². The van der Waals surface area contributed by atoms with E-state index in [0.717, 1.165) is 57.1 Å². The lowest BCUT2D eigenvalue weighted by molar-refractivity contribution is -0.116. The Kier molecular flexibility index (Phi) is 8.00. The summed E-state index contributed by atoms with van der Waals surface area (Å²) in [5, 5.41) is 6.67. The Labute approximate surface area is 220 Å². The Balaban J connectivity index is 1.11. The molecule has 1 fully saturated rings. The number of imide groups is 1. The van der Waals surface area contributed by atoms with Crippen molar-refractivity contribution in [1.29, 1.82) is 0 Å². The topological polar surface area (TPSA) is 105 Å². The summed E-state index contributed by atoms with van der Waals surface area (Å²) < 4.78 is 5.63. The molecule has 0 bridgehead atoms. The first-order valence-corrected chi connectivity index (χ1v) is 14.1. The fourth-order valence-electron chi connectivity index (χ4n) is 5.36. The van der Waals surface area contributed by atoms with Crippen LogP contribution in [0.15, 0.2) is 24.3 Å². The predicted octanol–water partition coefficient (Wildman–Crippen LogP) is 4.33. The molecule has 2 aromatic rings. The highest BCUT2D eigenvalue weighted by Gasteiger charge is 2.34. The van der Waals surface area contributed by atoms with Gasteiger partial charge in [0, 0.05) is 31.0 Å². The summed E-state index contributed by atoms with van der Waals surface area (Å²) in [6.07, 6.45) is 8.33. The van der Waals surface area contributed by atoms with Crippen LogP contribution in [0, 0.1) is 0 Å². The van der Waals surface area contributed by atoms with Gasteiger partial charge in [0.05, 0.1) is 22.8 Å². The third-order valence-corrected chi connectivity index (χ3v) is 8.54. The van der Waals surface area contributed by atoms with E-state index in [1.807, 2.05) is 0 Å². The summed E-state index contributed by atoms with van der Waals surface area (Å²) >= 11 is 1.53. The quantitative estimate of drug-likeness (QED) is 0.356. The van der Waals surface area contributed by atoms with E-state index in [0.29, 0.717) is 54.0 Å². The normalized spacial score (nSPS) is 18.6. The van der Waals surface area contributed by atoms with Crippen molar-refractivity contribution in [2.75, 3.05) is 25.0 Å². The van der Waals surface area contributed by atoms with E-state index < -0.39 is 0 Å². The Bertz CT molecular complexity index is 1170. The lowest BCUT2D eigenvalue weighted by Gasteiger charge is -2.15. The van der Waals surface area contributed by atoms with E-state index in [2.05, 4.69) is 10.6 Å². The van der Waals surface area contributed by atoms with Gasteiger partial charge in [-0.1, -0.05) is 18.6 Å². The van der Waals surface area contributed by atoms with Crippen LogP contribution in [0.2, 0.25) is 0 Å². The van der Waals surface area contributed by atoms with Crippen LogP contribution in [-0.4, -0.2) is 54.3 Å². The Morgan fingerprint density at radius 2 is 1.76 bits per heavy atom. The summed E-state index contributed by atoms with van der Waals surface area (Å²) in [4.78, 5) is 53.3. The SMILES string of the molecule is O=C(CCCCCN1C(=O)c2ccccc2C1=O)Nc1sc2c(c1C(=O)NCC1CCCO1)CCCC2. The molecule has 9 heteroatoms. The number of ether oxygens (including phenoxy) is 1. The molecule has 2 aliphatic heterocycles. The highest BCUT2D eigenvalue weighted by Crippen LogP contribution is 2.38. The number of carbonyl (C=O) groups is 4. The van der Waals surface area contributed by atoms with Gasteiger partial charge in [-0.15, -0.1) is 11.3 Å². The van der Waals surface area contributed by atoms with Crippen molar-refractivity contribution in [3.8, 4) is 0 Å². The second-order valence-electron chi connectivity index (χ2n) is 9.93. The standard InChI is InChI=1S/C28H33N3O5S/c32-23(14-2-1-7-15-31-27(34)19-10-3-4-11-20(19)28(31)35)30-26-24(21-12-5-6-13-22(21)37-26)25(33)29-17-18-9-8-16-36-18/h3-4,10-11,18H,1-2,5-9,12-17H2,(H,29,33)(H,30,32). The summed E-state index contributed by atoms with van der Waals surface area (Å²) in [6, 6.07) is 6.88. The van der Waals surface area contributed by atoms with Crippen LogP contribution in [0.4, 0.5) is 5.00 Å². The van der Waals surface area contributed by atoms with Crippen molar-refractivity contribution < 1.29 is 23.9 Å². The number of aryl methyl sites for hydroxylation is 1. The number of nitrogens with zero attached hydrogens (tertiary/aromatic N) is 1. The first-order valence-electron chi connectivity index (χ1n) is 13.3. The fraction of sp³-hybridized carbons (Fsp3) is 0.500. The molecule has 37 heavy (non-hydrogen) atoms. The van der Waals surface area contributed by atoms with Gasteiger partial charge in [0.15, 0.2) is 0 Å². The van der Waals surface area contributed by atoms with Crippen molar-refractivity contribution in [3.63, 3.8) is 0 Å². The van der Waals surface area contributed by atoms with E-state index in [1.54, 1.807) is 24.3 Å². The second-order valence-corrected chi connectivity index (χ2v) is 11.0. The van der Waals surface area contributed by atoms with E-state index in [9.17, 15) is 19.2 Å². The lowest BCUT2D eigenvalue weighted by Crippen LogP contribution is -2.32. The molecule has 1 atom stereocenters. The number of benzene rings is 1. The first-order chi connectivity index (χ1) is 18.0. The molecular weight excluding hydrogens is 490 g/mol. The molecule has 1 aromatic carbocycles. The van der Waals surface area contributed by atoms with Crippen LogP contribution in [0.5, 0.6) is 0 Å². The Hall–Kier alpha value is -3.04. The average Bonchev–Trinajstić information content (AvgIpc) is 3.61. The molecule has 5 rings (SSSR count). The van der Waals surface area contributed by atoms with E-state index in [1.165, 1.54) is 21.1 Å². The van der Waals surface area contributed by atoms with Gasteiger partial charge < -0.3 is 15.4 Å². The van der Waals surface area contributed by atoms with Gasteiger partial charge in [0.1, 0.15) is 5.00 Å². The summed E-state index contributed by atoms with van der Waals surface area (Å²) in [7, 11) is 0. The van der Waals surface area contributed by atoms with Gasteiger partial charge in [-0.25, -0.2) is 0 Å². The minimum absolute atomic E-state index is 0.0665. The van der Waals surface area contributed by atoms with E-state index in [4.69, 9.17) is 4.74 Å². The zero-order chi connectivity index (χ0) is 25.8. The van der Waals surface area contributed by atoms with Crippen LogP contribution < -0.4 is 10.6 Å². The van der Waals surface area contributed by atoms with Gasteiger partial charge in [0.2, 0.25) is 5.91 Å². The van der Waals surface area contributed by atoms with Crippen molar-refractivity contribution in [2.45, 2.75) is 70.3 Å². The second kappa shape index (κ2) is 11.6. The number of hydrogen-bond donors (Lipinski definition) is 2. The number of nitrogens with one attached hydrogen (secondary N) is 2. The summed E-state index contributed by atoms with van der Waals surface area (Å²) in [5.74, 6) is -0.741. The van der Waals surface area contributed by atoms with Gasteiger partial charge in [0.25, 0.3) is 17.7 Å². The highest BCUT2D eigenvalue weighted by atomic mass is 32.1. The number of thiophene rings is 1. The Morgan fingerprint density at radius 3 is 2.49 bits per heavy atom. The van der Waals surface area contributed by atoms with Crippen molar-refractivity contribution >= 4 is 40.0 Å². The Morgan fingerprint density at radius 1 is 1.00 bits per heavy atom. The van der Waals surface area contributed by atoms with E-state index in [-0.39, 0.29) is 29.7 Å². The smallest absolute Gasteiger partial charge is 0.261 e. The predicted molar refractivity (Wildman–Crippen MR) is 141 cm³/mol. The van der Waals surface area contributed by atoms with Gasteiger partial charge in [-0.3, -0.25) is 24.1 Å². The molecule has 3 heterocycles. The molecule has 0 saturated carbocycles. The third-order valence-electron chi connectivity index (χ3n) is 7.33. The molecule has 0 spiro atoms. The molecule has 3 aliphatic rings. The average molecular weight is 524 g/mol. The van der Waals surface area contributed by atoms with Gasteiger partial charge >= 0.3 is 0 Å². The van der Waals surface area contributed by atoms with Crippen LogP contribution in [0.25, 0.3) is 0 Å². The van der Waals surface area contributed by atoms with Crippen molar-refractivity contribution in [3.05, 3.63) is 51.4 Å². The molecule has 4 amide bonds. The number of amides is 4. The van der Waals surface area contributed by atoms with Gasteiger partial charge in [-0.05, 0) is 69.1 Å². The third kappa shape index (κ3) is 5.62. The molecule has 1 unspecified atom stereocenters. The number of anilines is 1. The molecule has 8 nitrogen and oxygen atoms in total. The lowest BCUT2D eigenvalue weighted by atomic mass is 9.95. The monoisotopic (exact) mass is 523 g/mol. The summed E-state index contributed by atoms with van der Waals surface area (Å²) in [5.41, 5.74) is 2.62. The molecule has 0 radical (unpaired) electrons.